The molecule has 1 amide bonds. The molecule has 0 aliphatic heterocycles. The normalized spacial score (nSPS) is 10.7. The van der Waals surface area contributed by atoms with Crippen molar-refractivity contribution in [3.8, 4) is 22.8 Å². The third kappa shape index (κ3) is 4.97. The molecule has 8 heteroatoms. The zero-order valence-electron chi connectivity index (χ0n) is 18.1. The first-order valence-corrected chi connectivity index (χ1v) is 11.0. The summed E-state index contributed by atoms with van der Waals surface area (Å²) in [6.07, 6.45) is 3.43. The number of carbonyl (C=O) groups is 1. The zero-order chi connectivity index (χ0) is 22.5. The van der Waals surface area contributed by atoms with E-state index < -0.39 is 0 Å². The average molecular weight is 446 g/mol. The molecule has 1 N–H and O–H groups in total. The van der Waals surface area contributed by atoms with Gasteiger partial charge < -0.3 is 10.1 Å². The number of ether oxygens (including phenoxy) is 1. The molecule has 0 aliphatic rings. The lowest BCUT2D eigenvalue weighted by atomic mass is 10.1. The fourth-order valence-corrected chi connectivity index (χ4v) is 4.14. The largest absolute Gasteiger partial charge is 0.497 e. The van der Waals surface area contributed by atoms with Crippen LogP contribution in [-0.4, -0.2) is 38.5 Å². The second-order valence-electron chi connectivity index (χ2n) is 7.29. The number of rotatable bonds is 7. The Morgan fingerprint density at radius 2 is 1.69 bits per heavy atom. The fourth-order valence-electron chi connectivity index (χ4n) is 3.39. The van der Waals surface area contributed by atoms with Crippen LogP contribution in [0.15, 0.2) is 72.1 Å². The summed E-state index contributed by atoms with van der Waals surface area (Å²) in [7, 11) is 1.63. The maximum absolute atomic E-state index is 12.6. The van der Waals surface area contributed by atoms with Gasteiger partial charge in [0.1, 0.15) is 5.75 Å². The molecule has 0 saturated carbocycles. The van der Waals surface area contributed by atoms with Crippen molar-refractivity contribution in [2.75, 3.05) is 18.2 Å². The van der Waals surface area contributed by atoms with Gasteiger partial charge in [-0.25, -0.2) is 0 Å². The van der Waals surface area contributed by atoms with E-state index in [1.807, 2.05) is 66.9 Å². The number of benzene rings is 2. The lowest BCUT2D eigenvalue weighted by Crippen LogP contribution is -2.14. The van der Waals surface area contributed by atoms with Crippen molar-refractivity contribution in [2.45, 2.75) is 19.0 Å². The first kappa shape index (κ1) is 21.6. The average Bonchev–Trinajstić information content (AvgIpc) is 3.21. The van der Waals surface area contributed by atoms with E-state index in [1.54, 1.807) is 19.5 Å². The fraction of sp³-hybridized carbons (Fsp3) is 0.167. The molecule has 0 fully saturated rings. The standard InChI is InChI=1S/C24H23N5O2S/c1-16-12-17(2)14-19(13-16)26-22(30)15-32-24-28-27-23(18-8-10-25-11-9-18)29(24)20-4-6-21(31-3)7-5-20/h4-14H,15H2,1-3H3,(H,26,30). The summed E-state index contributed by atoms with van der Waals surface area (Å²) in [5.74, 6) is 1.54. The third-order valence-electron chi connectivity index (χ3n) is 4.74. The Kier molecular flexibility index (Phi) is 6.51. The number of pyridine rings is 1. The van der Waals surface area contributed by atoms with Crippen molar-refractivity contribution in [1.82, 2.24) is 19.7 Å². The molecule has 0 saturated heterocycles. The second kappa shape index (κ2) is 9.65. The van der Waals surface area contributed by atoms with E-state index in [2.05, 4.69) is 26.6 Å². The van der Waals surface area contributed by atoms with E-state index in [0.717, 1.165) is 33.8 Å². The van der Waals surface area contributed by atoms with Gasteiger partial charge in [0.2, 0.25) is 5.91 Å². The Balaban J connectivity index is 1.59. The minimum Gasteiger partial charge on any atom is -0.497 e. The van der Waals surface area contributed by atoms with Gasteiger partial charge in [-0.15, -0.1) is 10.2 Å². The van der Waals surface area contributed by atoms with Crippen molar-refractivity contribution in [1.29, 1.82) is 0 Å². The summed E-state index contributed by atoms with van der Waals surface area (Å²) < 4.78 is 7.21. The molecule has 0 radical (unpaired) electrons. The molecule has 0 bridgehead atoms. The molecule has 4 aromatic rings. The minimum atomic E-state index is -0.102. The number of hydrogen-bond acceptors (Lipinski definition) is 6. The van der Waals surface area contributed by atoms with Gasteiger partial charge in [-0.05, 0) is 73.5 Å². The monoisotopic (exact) mass is 445 g/mol. The van der Waals surface area contributed by atoms with Crippen molar-refractivity contribution in [3.63, 3.8) is 0 Å². The molecule has 0 unspecified atom stereocenters. The molecule has 2 heterocycles. The number of nitrogens with zero attached hydrogens (tertiary/aromatic N) is 4. The summed E-state index contributed by atoms with van der Waals surface area (Å²) in [6, 6.07) is 17.4. The Morgan fingerprint density at radius 1 is 1.00 bits per heavy atom. The van der Waals surface area contributed by atoms with Gasteiger partial charge >= 0.3 is 0 Å². The Morgan fingerprint density at radius 3 is 2.34 bits per heavy atom. The van der Waals surface area contributed by atoms with Crippen LogP contribution in [0.2, 0.25) is 0 Å². The van der Waals surface area contributed by atoms with Crippen LogP contribution >= 0.6 is 11.8 Å². The van der Waals surface area contributed by atoms with Crippen LogP contribution < -0.4 is 10.1 Å². The maximum Gasteiger partial charge on any atom is 0.234 e. The SMILES string of the molecule is COc1ccc(-n2c(SCC(=O)Nc3cc(C)cc(C)c3)nnc2-c2ccncc2)cc1. The molecule has 4 rings (SSSR count). The van der Waals surface area contributed by atoms with E-state index in [9.17, 15) is 4.79 Å². The molecule has 7 nitrogen and oxygen atoms in total. The first-order chi connectivity index (χ1) is 15.5. The summed E-state index contributed by atoms with van der Waals surface area (Å²) in [5, 5.41) is 12.3. The quantitative estimate of drug-likeness (QED) is 0.416. The number of carbonyl (C=O) groups excluding carboxylic acids is 1. The number of aryl methyl sites for hydroxylation is 2. The molecule has 2 aromatic heterocycles. The van der Waals surface area contributed by atoms with E-state index in [4.69, 9.17) is 4.74 Å². The highest BCUT2D eigenvalue weighted by Crippen LogP contribution is 2.28. The number of nitrogens with one attached hydrogen (secondary N) is 1. The molecule has 0 atom stereocenters. The molecule has 162 valence electrons. The van der Waals surface area contributed by atoms with Gasteiger partial charge in [0.25, 0.3) is 0 Å². The number of hydrogen-bond donors (Lipinski definition) is 1. The predicted octanol–water partition coefficient (Wildman–Crippen LogP) is 4.69. The van der Waals surface area contributed by atoms with E-state index in [1.165, 1.54) is 11.8 Å². The molecular weight excluding hydrogens is 422 g/mol. The lowest BCUT2D eigenvalue weighted by molar-refractivity contribution is -0.113. The Hall–Kier alpha value is -3.65. The van der Waals surface area contributed by atoms with Gasteiger partial charge in [-0.2, -0.15) is 0 Å². The zero-order valence-corrected chi connectivity index (χ0v) is 18.9. The van der Waals surface area contributed by atoms with Gasteiger partial charge in [0.15, 0.2) is 11.0 Å². The van der Waals surface area contributed by atoms with Crippen molar-refractivity contribution in [2.24, 2.45) is 0 Å². The summed E-state index contributed by atoms with van der Waals surface area (Å²) in [4.78, 5) is 16.7. The molecular formula is C24H23N5O2S. The molecule has 32 heavy (non-hydrogen) atoms. The summed E-state index contributed by atoms with van der Waals surface area (Å²) in [6.45, 7) is 4.02. The lowest BCUT2D eigenvalue weighted by Gasteiger charge is -2.11. The first-order valence-electron chi connectivity index (χ1n) is 10.0. The van der Waals surface area contributed by atoms with Crippen molar-refractivity contribution >= 4 is 23.4 Å². The van der Waals surface area contributed by atoms with Gasteiger partial charge in [0, 0.05) is 29.3 Å². The number of thioether (sulfide) groups is 1. The minimum absolute atomic E-state index is 0.102. The highest BCUT2D eigenvalue weighted by Gasteiger charge is 2.17. The predicted molar refractivity (Wildman–Crippen MR) is 126 cm³/mol. The van der Waals surface area contributed by atoms with Crippen molar-refractivity contribution in [3.05, 3.63) is 78.1 Å². The summed E-state index contributed by atoms with van der Waals surface area (Å²) in [5.41, 5.74) is 4.76. The van der Waals surface area contributed by atoms with Gasteiger partial charge in [0.05, 0.1) is 12.9 Å². The highest BCUT2D eigenvalue weighted by molar-refractivity contribution is 7.99. The van der Waals surface area contributed by atoms with Crippen LogP contribution in [0.5, 0.6) is 5.75 Å². The number of amides is 1. The van der Waals surface area contributed by atoms with E-state index in [0.29, 0.717) is 11.0 Å². The van der Waals surface area contributed by atoms with Crippen LogP contribution in [0.1, 0.15) is 11.1 Å². The molecule has 0 aliphatic carbocycles. The van der Waals surface area contributed by atoms with Crippen LogP contribution in [0.4, 0.5) is 5.69 Å². The third-order valence-corrected chi connectivity index (χ3v) is 5.67. The summed E-state index contributed by atoms with van der Waals surface area (Å²) >= 11 is 1.33. The maximum atomic E-state index is 12.6. The number of aromatic nitrogens is 4. The van der Waals surface area contributed by atoms with Crippen LogP contribution in [-0.2, 0) is 4.79 Å². The Bertz CT molecular complexity index is 1200. The van der Waals surface area contributed by atoms with Gasteiger partial charge in [-0.3, -0.25) is 14.3 Å². The highest BCUT2D eigenvalue weighted by atomic mass is 32.2. The van der Waals surface area contributed by atoms with Gasteiger partial charge in [-0.1, -0.05) is 17.8 Å². The Labute approximate surface area is 190 Å². The van der Waals surface area contributed by atoms with Crippen LogP contribution in [0, 0.1) is 13.8 Å². The second-order valence-corrected chi connectivity index (χ2v) is 8.23. The number of methoxy groups -OCH3 is 1. The molecule has 0 spiro atoms. The van der Waals surface area contributed by atoms with E-state index in [-0.39, 0.29) is 11.7 Å². The number of anilines is 1. The van der Waals surface area contributed by atoms with Crippen molar-refractivity contribution < 1.29 is 9.53 Å². The topological polar surface area (TPSA) is 81.9 Å². The van der Waals surface area contributed by atoms with Crippen LogP contribution in [0.3, 0.4) is 0 Å². The van der Waals surface area contributed by atoms with E-state index >= 15 is 0 Å². The van der Waals surface area contributed by atoms with Crippen LogP contribution in [0.25, 0.3) is 17.1 Å². The smallest absolute Gasteiger partial charge is 0.234 e. The molecule has 2 aromatic carbocycles.